The quantitative estimate of drug-likeness (QED) is 0.792. The molecule has 0 unspecified atom stereocenters. The van der Waals surface area contributed by atoms with Gasteiger partial charge in [-0.05, 0) is 0 Å². The fourth-order valence-corrected chi connectivity index (χ4v) is 1.20. The van der Waals surface area contributed by atoms with Crippen molar-refractivity contribution >= 4 is 5.69 Å². The Morgan fingerprint density at radius 2 is 1.71 bits per heavy atom. The van der Waals surface area contributed by atoms with Gasteiger partial charge in [-0.2, -0.15) is 0 Å². The van der Waals surface area contributed by atoms with Crippen molar-refractivity contribution in [1.82, 2.24) is 0 Å². The third-order valence-electron chi connectivity index (χ3n) is 1.99. The minimum absolute atomic E-state index is 0.0931. The Labute approximate surface area is 78.7 Å². The topological polar surface area (TPSA) is 21.3 Å². The molecule has 0 bridgehead atoms. The van der Waals surface area contributed by atoms with Crippen LogP contribution in [0.1, 0.15) is 0 Å². The van der Waals surface area contributed by atoms with Gasteiger partial charge in [0.25, 0.3) is 0 Å². The van der Waals surface area contributed by atoms with E-state index in [1.54, 1.807) is 0 Å². The van der Waals surface area contributed by atoms with Gasteiger partial charge in [0.1, 0.15) is 11.5 Å². The van der Waals surface area contributed by atoms with Crippen LogP contribution in [0.25, 0.3) is 0 Å². The van der Waals surface area contributed by atoms with E-state index in [1.165, 1.54) is 0 Å². The molecule has 1 aliphatic heterocycles. The van der Waals surface area contributed by atoms with Crippen molar-refractivity contribution in [2.24, 2.45) is 0 Å². The smallest absolute Gasteiger partial charge is 0.152 e. The molecule has 0 amide bonds. The van der Waals surface area contributed by atoms with Crippen LogP contribution in [0.5, 0.6) is 0 Å². The highest BCUT2D eigenvalue weighted by molar-refractivity contribution is 5.47. The van der Waals surface area contributed by atoms with Crippen molar-refractivity contribution < 1.29 is 17.9 Å². The lowest BCUT2D eigenvalue weighted by Crippen LogP contribution is -2.40. The molecule has 0 spiro atoms. The molecule has 1 aromatic rings. The SMILES string of the molecule is Fc1cc(F)c(NC2COC2)c(F)c1. The second-order valence-corrected chi connectivity index (χ2v) is 3.12. The molecule has 5 heteroatoms. The molecule has 0 atom stereocenters. The summed E-state index contributed by atoms with van der Waals surface area (Å²) in [7, 11) is 0. The van der Waals surface area contributed by atoms with Crippen LogP contribution in [-0.4, -0.2) is 19.3 Å². The zero-order valence-corrected chi connectivity index (χ0v) is 7.19. The molecule has 1 aromatic carbocycles. The van der Waals surface area contributed by atoms with Crippen LogP contribution in [0.4, 0.5) is 18.9 Å². The largest absolute Gasteiger partial charge is 0.377 e. The van der Waals surface area contributed by atoms with Gasteiger partial charge in [0.15, 0.2) is 11.6 Å². The van der Waals surface area contributed by atoms with Crippen LogP contribution in [-0.2, 0) is 4.74 Å². The highest BCUT2D eigenvalue weighted by Crippen LogP contribution is 2.22. The third kappa shape index (κ3) is 1.68. The van der Waals surface area contributed by atoms with Crippen LogP contribution in [0.15, 0.2) is 12.1 Å². The van der Waals surface area contributed by atoms with E-state index in [0.717, 1.165) is 0 Å². The van der Waals surface area contributed by atoms with Gasteiger partial charge in [0.2, 0.25) is 0 Å². The summed E-state index contributed by atoms with van der Waals surface area (Å²) in [5.74, 6) is -2.76. The maximum absolute atomic E-state index is 13.0. The first-order chi connectivity index (χ1) is 6.66. The second-order valence-electron chi connectivity index (χ2n) is 3.12. The number of benzene rings is 1. The van der Waals surface area contributed by atoms with E-state index < -0.39 is 17.5 Å². The van der Waals surface area contributed by atoms with E-state index in [2.05, 4.69) is 5.32 Å². The predicted molar refractivity (Wildman–Crippen MR) is 44.5 cm³/mol. The Balaban J connectivity index is 2.22. The van der Waals surface area contributed by atoms with Gasteiger partial charge in [0.05, 0.1) is 19.3 Å². The number of hydrogen-bond donors (Lipinski definition) is 1. The average molecular weight is 203 g/mol. The molecule has 2 nitrogen and oxygen atoms in total. The first kappa shape index (κ1) is 9.33. The van der Waals surface area contributed by atoms with Gasteiger partial charge < -0.3 is 10.1 Å². The second kappa shape index (κ2) is 3.49. The minimum Gasteiger partial charge on any atom is -0.377 e. The van der Waals surface area contributed by atoms with Crippen molar-refractivity contribution in [3.05, 3.63) is 29.6 Å². The molecular formula is C9H8F3NO. The van der Waals surface area contributed by atoms with Crippen molar-refractivity contribution in [3.63, 3.8) is 0 Å². The van der Waals surface area contributed by atoms with Gasteiger partial charge in [-0.3, -0.25) is 0 Å². The molecule has 1 saturated heterocycles. The van der Waals surface area contributed by atoms with E-state index in [4.69, 9.17) is 4.74 Å². The highest BCUT2D eigenvalue weighted by Gasteiger charge is 2.21. The normalized spacial score (nSPS) is 16.5. The van der Waals surface area contributed by atoms with E-state index in [9.17, 15) is 13.2 Å². The Morgan fingerprint density at radius 1 is 1.14 bits per heavy atom. The number of halogens is 3. The van der Waals surface area contributed by atoms with Crippen molar-refractivity contribution in [2.75, 3.05) is 18.5 Å². The van der Waals surface area contributed by atoms with Gasteiger partial charge in [0, 0.05) is 12.1 Å². The average Bonchev–Trinajstić information content (AvgIpc) is 1.98. The van der Waals surface area contributed by atoms with Crippen molar-refractivity contribution in [3.8, 4) is 0 Å². The lowest BCUT2D eigenvalue weighted by molar-refractivity contribution is 0.0208. The highest BCUT2D eigenvalue weighted by atomic mass is 19.1. The number of ether oxygens (including phenoxy) is 1. The van der Waals surface area contributed by atoms with Gasteiger partial charge in [-0.1, -0.05) is 0 Å². The third-order valence-corrected chi connectivity index (χ3v) is 1.99. The standard InChI is InChI=1S/C9H8F3NO/c10-5-1-7(11)9(8(12)2-5)13-6-3-14-4-6/h1-2,6,13H,3-4H2. The van der Waals surface area contributed by atoms with Crippen LogP contribution in [0.2, 0.25) is 0 Å². The minimum atomic E-state index is -0.922. The van der Waals surface area contributed by atoms with E-state index >= 15 is 0 Å². The molecule has 1 aliphatic rings. The summed E-state index contributed by atoms with van der Waals surface area (Å²) >= 11 is 0. The molecule has 76 valence electrons. The molecule has 0 saturated carbocycles. The first-order valence-corrected chi connectivity index (χ1v) is 4.15. The maximum atomic E-state index is 13.0. The first-order valence-electron chi connectivity index (χ1n) is 4.15. The van der Waals surface area contributed by atoms with Gasteiger partial charge >= 0.3 is 0 Å². The lowest BCUT2D eigenvalue weighted by atomic mass is 10.2. The molecule has 14 heavy (non-hydrogen) atoms. The Hall–Kier alpha value is -1.23. The van der Waals surface area contributed by atoms with Crippen LogP contribution in [0, 0.1) is 17.5 Å². The van der Waals surface area contributed by atoms with E-state index in [1.807, 2.05) is 0 Å². The van der Waals surface area contributed by atoms with Gasteiger partial charge in [-0.25, -0.2) is 13.2 Å². The fraction of sp³-hybridized carbons (Fsp3) is 0.333. The summed E-state index contributed by atoms with van der Waals surface area (Å²) in [6.45, 7) is 0.826. The Bertz CT molecular complexity index is 329. The molecule has 0 aliphatic carbocycles. The zero-order chi connectivity index (χ0) is 10.1. The summed E-state index contributed by atoms with van der Waals surface area (Å²) in [6, 6.07) is 1.19. The van der Waals surface area contributed by atoms with Crippen LogP contribution < -0.4 is 5.32 Å². The number of hydrogen-bond acceptors (Lipinski definition) is 2. The van der Waals surface area contributed by atoms with Crippen LogP contribution in [0.3, 0.4) is 0 Å². The van der Waals surface area contributed by atoms with E-state index in [-0.39, 0.29) is 11.7 Å². The van der Waals surface area contributed by atoms with E-state index in [0.29, 0.717) is 25.3 Å². The predicted octanol–water partition coefficient (Wildman–Crippen LogP) is 1.91. The number of nitrogens with one attached hydrogen (secondary N) is 1. The number of rotatable bonds is 2. The zero-order valence-electron chi connectivity index (χ0n) is 7.19. The summed E-state index contributed by atoms with van der Waals surface area (Å²) in [5, 5.41) is 2.60. The Morgan fingerprint density at radius 3 is 2.14 bits per heavy atom. The summed E-state index contributed by atoms with van der Waals surface area (Å²) in [6.07, 6.45) is 0. The lowest BCUT2D eigenvalue weighted by Gasteiger charge is -2.28. The molecule has 1 fully saturated rings. The molecular weight excluding hydrogens is 195 g/mol. The fourth-order valence-electron chi connectivity index (χ4n) is 1.20. The number of anilines is 1. The molecule has 1 N–H and O–H groups in total. The molecule has 1 heterocycles. The molecule has 2 rings (SSSR count). The summed E-state index contributed by atoms with van der Waals surface area (Å²) < 4.78 is 43.4. The Kier molecular flexibility index (Phi) is 2.33. The van der Waals surface area contributed by atoms with Crippen LogP contribution >= 0.6 is 0 Å². The summed E-state index contributed by atoms with van der Waals surface area (Å²) in [4.78, 5) is 0. The summed E-state index contributed by atoms with van der Waals surface area (Å²) in [5.41, 5.74) is -0.292. The van der Waals surface area contributed by atoms with Crippen molar-refractivity contribution in [2.45, 2.75) is 6.04 Å². The van der Waals surface area contributed by atoms with Crippen molar-refractivity contribution in [1.29, 1.82) is 0 Å². The maximum Gasteiger partial charge on any atom is 0.152 e. The van der Waals surface area contributed by atoms with Gasteiger partial charge in [-0.15, -0.1) is 0 Å². The molecule has 0 aromatic heterocycles. The monoisotopic (exact) mass is 203 g/mol. The molecule has 0 radical (unpaired) electrons.